The van der Waals surface area contributed by atoms with Crippen LogP contribution in [-0.4, -0.2) is 24.1 Å². The van der Waals surface area contributed by atoms with Crippen molar-refractivity contribution in [1.29, 1.82) is 5.26 Å². The summed E-state index contributed by atoms with van der Waals surface area (Å²) in [6.45, 7) is 0. The topological polar surface area (TPSA) is 72.3 Å². The first-order valence-corrected chi connectivity index (χ1v) is 27.6. The standard InChI is InChI=1S/C70H40N6S2/c71-41-42-16-15-21-45(38-42)54-39-46(30-34-58(54)75-56-26-11-7-24-52(56)64-60(75)36-32-50-48-22-9-13-28-62(48)77-66(50)64)55-40-47(70-73-68(43-17-3-1-4-18-43)72-69(74-70)44-19-5-2-6-20-44)31-35-59(55)76-57-27-12-8-25-53(57)65-61(76)37-33-51-49-23-10-14-29-63(49)78-67(51)65/h1-40H. The molecule has 5 heterocycles. The highest BCUT2D eigenvalue weighted by atomic mass is 32.1. The van der Waals surface area contributed by atoms with E-state index in [-0.39, 0.29) is 0 Å². The lowest BCUT2D eigenvalue weighted by Gasteiger charge is -2.19. The van der Waals surface area contributed by atoms with E-state index in [1.54, 1.807) is 0 Å². The van der Waals surface area contributed by atoms with Gasteiger partial charge < -0.3 is 9.13 Å². The second-order valence-electron chi connectivity index (χ2n) is 19.8. The molecule has 0 atom stereocenters. The average molecular weight is 1030 g/mol. The molecule has 0 fully saturated rings. The number of para-hydroxylation sites is 2. The van der Waals surface area contributed by atoms with Crippen LogP contribution in [0.15, 0.2) is 243 Å². The molecule has 0 saturated heterocycles. The third kappa shape index (κ3) is 6.82. The molecule has 0 radical (unpaired) electrons. The maximum Gasteiger partial charge on any atom is 0.164 e. The van der Waals surface area contributed by atoms with E-state index in [1.165, 1.54) is 61.9 Å². The molecule has 8 heteroatoms. The zero-order valence-corrected chi connectivity index (χ0v) is 43.2. The normalized spacial score (nSPS) is 11.8. The van der Waals surface area contributed by atoms with Gasteiger partial charge in [-0.15, -0.1) is 22.7 Å². The lowest BCUT2D eigenvalue weighted by Crippen LogP contribution is -2.02. The predicted molar refractivity (Wildman–Crippen MR) is 326 cm³/mol. The fraction of sp³-hybridized carbons (Fsp3) is 0. The molecule has 11 aromatic carbocycles. The number of fused-ring (bicyclic) bond motifs is 14. The molecule has 0 aliphatic heterocycles. The molecule has 78 heavy (non-hydrogen) atoms. The van der Waals surface area contributed by atoms with Crippen molar-refractivity contribution in [2.24, 2.45) is 0 Å². The second-order valence-corrected chi connectivity index (χ2v) is 21.9. The van der Waals surface area contributed by atoms with Gasteiger partial charge in [0, 0.05) is 89.7 Å². The highest BCUT2D eigenvalue weighted by Crippen LogP contribution is 2.48. The molecule has 0 aliphatic carbocycles. The number of nitrogens with zero attached hydrogens (tertiary/aromatic N) is 6. The van der Waals surface area contributed by atoms with E-state index < -0.39 is 0 Å². The number of hydrogen-bond donors (Lipinski definition) is 0. The van der Waals surface area contributed by atoms with Gasteiger partial charge in [0.15, 0.2) is 17.5 Å². The van der Waals surface area contributed by atoms with Gasteiger partial charge in [-0.05, 0) is 90.0 Å². The van der Waals surface area contributed by atoms with E-state index in [0.717, 1.165) is 72.4 Å². The zero-order chi connectivity index (χ0) is 51.4. The van der Waals surface area contributed by atoms with Gasteiger partial charge in [0.05, 0.1) is 45.1 Å². The van der Waals surface area contributed by atoms with Crippen molar-refractivity contribution in [3.8, 4) is 73.9 Å². The molecule has 362 valence electrons. The molecule has 0 spiro atoms. The SMILES string of the molecule is N#Cc1cccc(-c2cc(-c3cc(-c4nc(-c5ccccc5)nc(-c5ccccc5)n4)ccc3-n3c4ccccc4c4c5sc6ccccc6c5ccc43)ccc2-n2c3ccccc3c3c4sc5ccccc5c4ccc32)c1. The van der Waals surface area contributed by atoms with E-state index in [0.29, 0.717) is 23.0 Å². The van der Waals surface area contributed by atoms with E-state index in [4.69, 9.17) is 15.0 Å². The number of hydrogen-bond acceptors (Lipinski definition) is 6. The summed E-state index contributed by atoms with van der Waals surface area (Å²) < 4.78 is 9.96. The van der Waals surface area contributed by atoms with Crippen LogP contribution in [-0.2, 0) is 0 Å². The zero-order valence-electron chi connectivity index (χ0n) is 41.6. The Morgan fingerprint density at radius 2 is 0.744 bits per heavy atom. The smallest absolute Gasteiger partial charge is 0.164 e. The van der Waals surface area contributed by atoms with Gasteiger partial charge in [0.1, 0.15) is 0 Å². The average Bonchev–Trinajstić information content (AvgIpc) is 4.47. The monoisotopic (exact) mass is 1030 g/mol. The van der Waals surface area contributed by atoms with Gasteiger partial charge in [-0.25, -0.2) is 15.0 Å². The number of thiophene rings is 2. The Balaban J connectivity index is 0.992. The lowest BCUT2D eigenvalue weighted by molar-refractivity contribution is 1.07. The number of aromatic nitrogens is 5. The summed E-state index contributed by atoms with van der Waals surface area (Å²) in [6, 6.07) is 88.5. The van der Waals surface area contributed by atoms with Crippen LogP contribution in [0.3, 0.4) is 0 Å². The molecule has 16 rings (SSSR count). The van der Waals surface area contributed by atoms with E-state index >= 15 is 0 Å². The van der Waals surface area contributed by atoms with Crippen molar-refractivity contribution < 1.29 is 0 Å². The van der Waals surface area contributed by atoms with Gasteiger partial charge in [-0.2, -0.15) is 5.26 Å². The van der Waals surface area contributed by atoms with Gasteiger partial charge in [0.2, 0.25) is 0 Å². The van der Waals surface area contributed by atoms with Gasteiger partial charge in [-0.1, -0.05) is 164 Å². The third-order valence-corrected chi connectivity index (χ3v) is 17.8. The van der Waals surface area contributed by atoms with Gasteiger partial charge in [-0.3, -0.25) is 0 Å². The van der Waals surface area contributed by atoms with Gasteiger partial charge >= 0.3 is 0 Å². The molecule has 16 aromatic rings. The van der Waals surface area contributed by atoms with E-state index in [9.17, 15) is 5.26 Å². The van der Waals surface area contributed by atoms with Crippen molar-refractivity contribution in [2.75, 3.05) is 0 Å². The molecule has 6 nitrogen and oxygen atoms in total. The predicted octanol–water partition coefficient (Wildman–Crippen LogP) is 19.0. The van der Waals surface area contributed by atoms with Crippen LogP contribution in [0, 0.1) is 11.3 Å². The van der Waals surface area contributed by atoms with Crippen molar-refractivity contribution >= 4 is 107 Å². The lowest BCUT2D eigenvalue weighted by atomic mass is 9.94. The molecule has 0 N–H and O–H groups in total. The third-order valence-electron chi connectivity index (χ3n) is 15.4. The molecule has 0 aliphatic rings. The number of rotatable bonds is 7. The summed E-state index contributed by atoms with van der Waals surface area (Å²) in [5.74, 6) is 1.77. The first-order valence-electron chi connectivity index (χ1n) is 26.0. The summed E-state index contributed by atoms with van der Waals surface area (Å²) in [4.78, 5) is 15.6. The van der Waals surface area contributed by atoms with Crippen molar-refractivity contribution in [3.63, 3.8) is 0 Å². The van der Waals surface area contributed by atoms with Gasteiger partial charge in [0.25, 0.3) is 0 Å². The summed E-state index contributed by atoms with van der Waals surface area (Å²) in [5.41, 5.74) is 13.7. The van der Waals surface area contributed by atoms with Crippen LogP contribution >= 0.6 is 22.7 Å². The Morgan fingerprint density at radius 3 is 1.27 bits per heavy atom. The second kappa shape index (κ2) is 17.5. The molecular weight excluding hydrogens is 989 g/mol. The molecule has 0 unspecified atom stereocenters. The molecule has 5 aromatic heterocycles. The van der Waals surface area contributed by atoms with E-state index in [1.807, 2.05) is 102 Å². The van der Waals surface area contributed by atoms with Crippen molar-refractivity contribution in [1.82, 2.24) is 24.1 Å². The number of benzene rings is 11. The minimum atomic E-state index is 0.570. The van der Waals surface area contributed by atoms with Crippen LogP contribution in [0.5, 0.6) is 0 Å². The van der Waals surface area contributed by atoms with Crippen LogP contribution in [0.4, 0.5) is 0 Å². The largest absolute Gasteiger partial charge is 0.309 e. The quantitative estimate of drug-likeness (QED) is 0.159. The summed E-state index contributed by atoms with van der Waals surface area (Å²) in [6.07, 6.45) is 0. The van der Waals surface area contributed by atoms with Crippen LogP contribution in [0.25, 0.3) is 152 Å². The summed E-state index contributed by atoms with van der Waals surface area (Å²) >= 11 is 3.71. The number of nitriles is 1. The van der Waals surface area contributed by atoms with Crippen LogP contribution < -0.4 is 0 Å². The minimum absolute atomic E-state index is 0.570. The fourth-order valence-corrected chi connectivity index (χ4v) is 14.4. The van der Waals surface area contributed by atoms with Crippen LogP contribution in [0.2, 0.25) is 0 Å². The maximum atomic E-state index is 10.4. The Hall–Kier alpha value is -10.0. The highest BCUT2D eigenvalue weighted by Gasteiger charge is 2.24. The first kappa shape index (κ1) is 44.3. The first-order chi connectivity index (χ1) is 38.6. The fourth-order valence-electron chi connectivity index (χ4n) is 11.9. The summed E-state index contributed by atoms with van der Waals surface area (Å²) in [5, 5.41) is 20.3. The molecule has 0 bridgehead atoms. The molecule has 0 amide bonds. The molecular formula is C70H40N6S2. The molecule has 0 saturated carbocycles. The van der Waals surface area contributed by atoms with Crippen molar-refractivity contribution in [2.45, 2.75) is 0 Å². The highest BCUT2D eigenvalue weighted by molar-refractivity contribution is 7.27. The summed E-state index contributed by atoms with van der Waals surface area (Å²) in [7, 11) is 0. The Morgan fingerprint density at radius 1 is 0.321 bits per heavy atom. The Bertz CT molecular complexity index is 5120. The van der Waals surface area contributed by atoms with Crippen molar-refractivity contribution in [3.05, 3.63) is 248 Å². The van der Waals surface area contributed by atoms with Crippen LogP contribution in [0.1, 0.15) is 5.56 Å². The van der Waals surface area contributed by atoms with E-state index in [2.05, 4.69) is 179 Å². The Kier molecular flexibility index (Phi) is 9.94. The Labute approximate surface area is 455 Å². The minimum Gasteiger partial charge on any atom is -0.309 e. The maximum absolute atomic E-state index is 10.4.